The first-order chi connectivity index (χ1) is 4.40. The van der Waals surface area contributed by atoms with Crippen LogP contribution in [0.1, 0.15) is 19.3 Å². The van der Waals surface area contributed by atoms with E-state index in [1.54, 1.807) is 12.7 Å². The molecule has 0 aliphatic heterocycles. The van der Waals surface area contributed by atoms with Gasteiger partial charge in [0.25, 0.3) is 0 Å². The minimum absolute atomic E-state index is 1.14. The Labute approximate surface area is 55.0 Å². The lowest BCUT2D eigenvalue weighted by Crippen LogP contribution is -1.86. The Morgan fingerprint density at radius 2 is 2.33 bits per heavy atom. The first-order valence-electron chi connectivity index (χ1n) is 3.35. The fourth-order valence-corrected chi connectivity index (χ4v) is 1.59. The molecule has 48 valence electrons. The SMILES string of the molecule is COC1=C2CCC(=C1)C2. The number of fused-ring (bicyclic) bond motifs is 2. The van der Waals surface area contributed by atoms with Crippen LogP contribution in [-0.2, 0) is 4.74 Å². The minimum Gasteiger partial charge on any atom is -0.497 e. The summed E-state index contributed by atoms with van der Waals surface area (Å²) in [6, 6.07) is 0. The van der Waals surface area contributed by atoms with Gasteiger partial charge in [0.1, 0.15) is 5.76 Å². The van der Waals surface area contributed by atoms with E-state index in [-0.39, 0.29) is 0 Å². The van der Waals surface area contributed by atoms with E-state index in [2.05, 4.69) is 6.08 Å². The maximum Gasteiger partial charge on any atom is 0.118 e. The van der Waals surface area contributed by atoms with Crippen molar-refractivity contribution in [3.8, 4) is 0 Å². The van der Waals surface area contributed by atoms with Crippen LogP contribution >= 0.6 is 0 Å². The highest BCUT2D eigenvalue weighted by Crippen LogP contribution is 2.38. The van der Waals surface area contributed by atoms with Gasteiger partial charge in [0.05, 0.1) is 7.11 Å². The van der Waals surface area contributed by atoms with Crippen molar-refractivity contribution < 1.29 is 4.74 Å². The first kappa shape index (κ1) is 5.10. The third-order valence-electron chi connectivity index (χ3n) is 2.09. The van der Waals surface area contributed by atoms with Crippen molar-refractivity contribution >= 4 is 0 Å². The largest absolute Gasteiger partial charge is 0.497 e. The van der Waals surface area contributed by atoms with Crippen molar-refractivity contribution in [3.63, 3.8) is 0 Å². The lowest BCUT2D eigenvalue weighted by atomic mass is 10.2. The highest BCUT2D eigenvalue weighted by Gasteiger charge is 2.22. The standard InChI is InChI=1S/C8H10O/c1-9-8-5-6-2-3-7(8)4-6/h5H,2-4H2,1H3. The van der Waals surface area contributed by atoms with E-state index >= 15 is 0 Å². The predicted octanol–water partition coefficient (Wildman–Crippen LogP) is 2.01. The molecule has 0 aromatic heterocycles. The zero-order valence-electron chi connectivity index (χ0n) is 5.61. The predicted molar refractivity (Wildman–Crippen MR) is 36.0 cm³/mol. The second-order valence-corrected chi connectivity index (χ2v) is 2.65. The Morgan fingerprint density at radius 1 is 1.44 bits per heavy atom. The molecule has 2 aliphatic carbocycles. The van der Waals surface area contributed by atoms with Crippen LogP contribution in [0, 0.1) is 0 Å². The summed E-state index contributed by atoms with van der Waals surface area (Å²) in [6.07, 6.45) is 5.90. The molecule has 0 saturated heterocycles. The molecule has 0 radical (unpaired) electrons. The molecule has 2 rings (SSSR count). The van der Waals surface area contributed by atoms with Crippen LogP contribution in [0.25, 0.3) is 0 Å². The zero-order valence-corrected chi connectivity index (χ0v) is 5.61. The molecule has 1 fully saturated rings. The van der Waals surface area contributed by atoms with E-state index in [0.29, 0.717) is 0 Å². The van der Waals surface area contributed by atoms with E-state index in [9.17, 15) is 0 Å². The highest BCUT2D eigenvalue weighted by atomic mass is 16.5. The van der Waals surface area contributed by atoms with Crippen LogP contribution < -0.4 is 0 Å². The van der Waals surface area contributed by atoms with Gasteiger partial charge in [-0.3, -0.25) is 0 Å². The molecule has 0 amide bonds. The second kappa shape index (κ2) is 1.63. The summed E-state index contributed by atoms with van der Waals surface area (Å²) in [5.41, 5.74) is 3.06. The summed E-state index contributed by atoms with van der Waals surface area (Å²) in [4.78, 5) is 0. The van der Waals surface area contributed by atoms with Crippen LogP contribution in [0.5, 0.6) is 0 Å². The maximum atomic E-state index is 5.15. The van der Waals surface area contributed by atoms with E-state index < -0.39 is 0 Å². The van der Waals surface area contributed by atoms with Crippen LogP contribution in [0.2, 0.25) is 0 Å². The summed E-state index contributed by atoms with van der Waals surface area (Å²) < 4.78 is 5.15. The van der Waals surface area contributed by atoms with Crippen LogP contribution in [0.15, 0.2) is 23.0 Å². The van der Waals surface area contributed by atoms with E-state index in [1.807, 2.05) is 0 Å². The van der Waals surface area contributed by atoms with Crippen LogP contribution in [0.4, 0.5) is 0 Å². The molecule has 0 heterocycles. The van der Waals surface area contributed by atoms with Crippen molar-refractivity contribution in [2.75, 3.05) is 7.11 Å². The summed E-state index contributed by atoms with van der Waals surface area (Å²) in [5, 5.41) is 0. The van der Waals surface area contributed by atoms with Gasteiger partial charge in [-0.15, -0.1) is 0 Å². The van der Waals surface area contributed by atoms with Gasteiger partial charge in [-0.05, 0) is 30.9 Å². The van der Waals surface area contributed by atoms with Gasteiger partial charge in [-0.2, -0.15) is 0 Å². The molecule has 0 N–H and O–H groups in total. The highest BCUT2D eigenvalue weighted by molar-refractivity contribution is 5.40. The lowest BCUT2D eigenvalue weighted by molar-refractivity contribution is 0.302. The Balaban J connectivity index is 2.33. The number of hydrogen-bond donors (Lipinski definition) is 0. The molecule has 0 atom stereocenters. The van der Waals surface area contributed by atoms with Crippen molar-refractivity contribution in [2.24, 2.45) is 0 Å². The smallest absolute Gasteiger partial charge is 0.118 e. The summed E-state index contributed by atoms with van der Waals surface area (Å²) in [5.74, 6) is 1.14. The second-order valence-electron chi connectivity index (χ2n) is 2.65. The molecule has 1 nitrogen and oxygen atoms in total. The average molecular weight is 122 g/mol. The summed E-state index contributed by atoms with van der Waals surface area (Å²) >= 11 is 0. The van der Waals surface area contributed by atoms with Gasteiger partial charge in [0.15, 0.2) is 0 Å². The molecule has 0 aromatic carbocycles. The molecule has 1 heteroatoms. The normalized spacial score (nSPS) is 23.0. The third-order valence-corrected chi connectivity index (χ3v) is 2.09. The minimum atomic E-state index is 1.14. The van der Waals surface area contributed by atoms with Crippen molar-refractivity contribution in [1.82, 2.24) is 0 Å². The first-order valence-corrected chi connectivity index (χ1v) is 3.35. The molecule has 0 spiro atoms. The number of methoxy groups -OCH3 is 1. The number of ether oxygens (including phenoxy) is 1. The van der Waals surface area contributed by atoms with Crippen LogP contribution in [0.3, 0.4) is 0 Å². The van der Waals surface area contributed by atoms with Gasteiger partial charge in [0, 0.05) is 0 Å². The van der Waals surface area contributed by atoms with Crippen molar-refractivity contribution in [1.29, 1.82) is 0 Å². The molecule has 0 aromatic rings. The number of rotatable bonds is 1. The average Bonchev–Trinajstić information content (AvgIpc) is 2.45. The van der Waals surface area contributed by atoms with Crippen molar-refractivity contribution in [3.05, 3.63) is 23.0 Å². The molecular formula is C8H10O. The monoisotopic (exact) mass is 122 g/mol. The van der Waals surface area contributed by atoms with Crippen LogP contribution in [-0.4, -0.2) is 7.11 Å². The van der Waals surface area contributed by atoms with Gasteiger partial charge < -0.3 is 4.74 Å². The molecule has 2 aliphatic rings. The molecular weight excluding hydrogens is 112 g/mol. The Bertz CT molecular complexity index is 199. The fraction of sp³-hybridized carbons (Fsp3) is 0.500. The van der Waals surface area contributed by atoms with Crippen molar-refractivity contribution in [2.45, 2.75) is 19.3 Å². The molecule has 9 heavy (non-hydrogen) atoms. The topological polar surface area (TPSA) is 9.23 Å². The number of allylic oxidation sites excluding steroid dienone is 3. The van der Waals surface area contributed by atoms with E-state index in [0.717, 1.165) is 5.76 Å². The van der Waals surface area contributed by atoms with Gasteiger partial charge in [0.2, 0.25) is 0 Å². The summed E-state index contributed by atoms with van der Waals surface area (Å²) in [7, 11) is 1.75. The maximum absolute atomic E-state index is 5.15. The summed E-state index contributed by atoms with van der Waals surface area (Å²) in [6.45, 7) is 0. The Hall–Kier alpha value is -0.720. The van der Waals surface area contributed by atoms with Gasteiger partial charge >= 0.3 is 0 Å². The van der Waals surface area contributed by atoms with E-state index in [4.69, 9.17) is 4.74 Å². The lowest BCUT2D eigenvalue weighted by Gasteiger charge is -2.02. The quantitative estimate of drug-likeness (QED) is 0.517. The number of hydrogen-bond acceptors (Lipinski definition) is 1. The third kappa shape index (κ3) is 0.607. The Morgan fingerprint density at radius 3 is 2.67 bits per heavy atom. The molecule has 0 unspecified atom stereocenters. The van der Waals surface area contributed by atoms with Gasteiger partial charge in [-0.25, -0.2) is 0 Å². The van der Waals surface area contributed by atoms with Gasteiger partial charge in [-0.1, -0.05) is 5.57 Å². The van der Waals surface area contributed by atoms with E-state index in [1.165, 1.54) is 24.8 Å². The fourth-order valence-electron chi connectivity index (χ4n) is 1.59. The molecule has 2 bridgehead atoms. The zero-order chi connectivity index (χ0) is 6.27. The Kier molecular flexibility index (Phi) is 0.922. The molecule has 1 saturated carbocycles.